The number of hydrogen-bond donors (Lipinski definition) is 1. The van der Waals surface area contributed by atoms with Crippen LogP contribution in [0.4, 0.5) is 4.39 Å². The molecule has 8 heteroatoms. The number of methoxy groups -OCH3 is 1. The number of aryl methyl sites for hydroxylation is 1. The highest BCUT2D eigenvalue weighted by Crippen LogP contribution is 2.31. The number of halogens is 1. The number of aliphatic hydroxyl groups is 1. The van der Waals surface area contributed by atoms with Crippen LogP contribution in [0.3, 0.4) is 0 Å². The number of nitrogens with zero attached hydrogens (tertiary/aromatic N) is 3. The summed E-state index contributed by atoms with van der Waals surface area (Å²) in [6, 6.07) is 15.6. The second kappa shape index (κ2) is 13.9. The molecule has 0 fully saturated rings. The monoisotopic (exact) mass is 485 g/mol. The van der Waals surface area contributed by atoms with Crippen molar-refractivity contribution in [2.75, 3.05) is 40.0 Å². The highest BCUT2D eigenvalue weighted by molar-refractivity contribution is 5.43. The molecule has 35 heavy (non-hydrogen) atoms. The van der Waals surface area contributed by atoms with Gasteiger partial charge in [-0.2, -0.15) is 5.10 Å². The summed E-state index contributed by atoms with van der Waals surface area (Å²) in [5.41, 5.74) is 2.54. The van der Waals surface area contributed by atoms with Gasteiger partial charge in [0.1, 0.15) is 11.6 Å². The van der Waals surface area contributed by atoms with E-state index >= 15 is 0 Å². The number of hydrogen-bond acceptors (Lipinski definition) is 6. The Hall–Kier alpha value is -2.78. The molecule has 0 amide bonds. The Labute approximate surface area is 207 Å². The van der Waals surface area contributed by atoms with E-state index in [1.165, 1.54) is 12.1 Å². The molecule has 1 aromatic heterocycles. The molecule has 1 atom stereocenters. The lowest BCUT2D eigenvalue weighted by molar-refractivity contribution is 0.0100. The van der Waals surface area contributed by atoms with Gasteiger partial charge >= 0.3 is 0 Å². The van der Waals surface area contributed by atoms with Gasteiger partial charge in [0.25, 0.3) is 0 Å². The first-order chi connectivity index (χ1) is 17.0. The molecular formula is C27H36FN3O4. The Balaban J connectivity index is 1.86. The van der Waals surface area contributed by atoms with Crippen molar-refractivity contribution in [2.24, 2.45) is 0 Å². The van der Waals surface area contributed by atoms with Crippen LogP contribution in [0.1, 0.15) is 31.0 Å². The van der Waals surface area contributed by atoms with Gasteiger partial charge in [0.05, 0.1) is 36.3 Å². The van der Waals surface area contributed by atoms with Crippen molar-refractivity contribution in [2.45, 2.75) is 39.3 Å². The number of rotatable bonds is 15. The molecule has 1 N–H and O–H groups in total. The Morgan fingerprint density at radius 2 is 1.83 bits per heavy atom. The maximum absolute atomic E-state index is 13.5. The van der Waals surface area contributed by atoms with Crippen molar-refractivity contribution < 1.29 is 23.7 Å². The first-order valence-corrected chi connectivity index (χ1v) is 12.1. The van der Waals surface area contributed by atoms with Gasteiger partial charge in [0.2, 0.25) is 5.88 Å². The minimum atomic E-state index is -0.630. The van der Waals surface area contributed by atoms with Crippen LogP contribution in [-0.4, -0.2) is 65.9 Å². The third kappa shape index (κ3) is 8.14. The molecule has 3 aromatic rings. The molecule has 0 spiro atoms. The molecule has 2 aromatic carbocycles. The van der Waals surface area contributed by atoms with E-state index < -0.39 is 6.10 Å². The zero-order valence-electron chi connectivity index (χ0n) is 20.8. The lowest BCUT2D eigenvalue weighted by Crippen LogP contribution is -2.36. The molecule has 0 radical (unpaired) electrons. The van der Waals surface area contributed by atoms with Gasteiger partial charge < -0.3 is 19.3 Å². The number of aliphatic hydroxyl groups excluding tert-OH is 1. The summed E-state index contributed by atoms with van der Waals surface area (Å²) in [7, 11) is 1.66. The summed E-state index contributed by atoms with van der Waals surface area (Å²) in [5.74, 6) is 0.736. The summed E-state index contributed by atoms with van der Waals surface area (Å²) < 4.78 is 32.4. The molecule has 7 nitrogen and oxygen atoms in total. The van der Waals surface area contributed by atoms with Crippen molar-refractivity contribution in [1.82, 2.24) is 14.7 Å². The van der Waals surface area contributed by atoms with E-state index in [1.807, 2.05) is 37.3 Å². The molecule has 1 heterocycles. The van der Waals surface area contributed by atoms with E-state index in [9.17, 15) is 9.50 Å². The number of aromatic nitrogens is 2. The van der Waals surface area contributed by atoms with Gasteiger partial charge in [0.15, 0.2) is 0 Å². The van der Waals surface area contributed by atoms with Crippen LogP contribution < -0.4 is 4.74 Å². The predicted octanol–water partition coefficient (Wildman–Crippen LogP) is 4.74. The zero-order chi connectivity index (χ0) is 25.0. The first-order valence-electron chi connectivity index (χ1n) is 12.1. The van der Waals surface area contributed by atoms with Crippen LogP contribution in [0, 0.1) is 12.7 Å². The smallest absolute Gasteiger partial charge is 0.227 e. The van der Waals surface area contributed by atoms with Gasteiger partial charge in [-0.05, 0) is 49.7 Å². The Morgan fingerprint density at radius 1 is 1.09 bits per heavy atom. The molecule has 3 rings (SSSR count). The number of ether oxygens (including phenoxy) is 3. The van der Waals surface area contributed by atoms with Crippen LogP contribution in [0.2, 0.25) is 0 Å². The van der Waals surface area contributed by atoms with Crippen LogP contribution in [0.15, 0.2) is 54.6 Å². The first kappa shape index (κ1) is 26.8. The lowest BCUT2D eigenvalue weighted by Gasteiger charge is -2.25. The van der Waals surface area contributed by atoms with E-state index in [1.54, 1.807) is 23.9 Å². The molecule has 0 saturated carbocycles. The van der Waals surface area contributed by atoms with Gasteiger partial charge in [-0.1, -0.05) is 31.5 Å². The Kier molecular flexibility index (Phi) is 10.7. The average Bonchev–Trinajstić information content (AvgIpc) is 3.17. The summed E-state index contributed by atoms with van der Waals surface area (Å²) in [4.78, 5) is 2.11. The molecule has 0 unspecified atom stereocenters. The summed E-state index contributed by atoms with van der Waals surface area (Å²) >= 11 is 0. The number of unbranched alkanes of at least 4 members (excludes halogenated alkanes) is 1. The second-order valence-electron chi connectivity index (χ2n) is 8.48. The molecule has 190 valence electrons. The van der Waals surface area contributed by atoms with Crippen molar-refractivity contribution in [3.8, 4) is 17.3 Å². The third-order valence-electron chi connectivity index (χ3n) is 5.58. The van der Waals surface area contributed by atoms with Gasteiger partial charge in [-0.3, -0.25) is 4.90 Å². The summed E-state index contributed by atoms with van der Waals surface area (Å²) in [5, 5.41) is 15.3. The predicted molar refractivity (Wildman–Crippen MR) is 134 cm³/mol. The SMILES string of the molecule is CCCCOC[C@H](O)CN(CCOC)Cc1c(C)nn(-c2ccccc2)c1Oc1ccc(F)cc1. The number of para-hydroxylation sites is 1. The maximum Gasteiger partial charge on any atom is 0.227 e. The van der Waals surface area contributed by atoms with Gasteiger partial charge in [0, 0.05) is 33.4 Å². The largest absolute Gasteiger partial charge is 0.439 e. The summed E-state index contributed by atoms with van der Waals surface area (Å²) in [6.45, 7) is 7.01. The fraction of sp³-hybridized carbons (Fsp3) is 0.444. The minimum Gasteiger partial charge on any atom is -0.439 e. The highest BCUT2D eigenvalue weighted by Gasteiger charge is 2.22. The molecule has 0 bridgehead atoms. The fourth-order valence-corrected chi connectivity index (χ4v) is 3.68. The lowest BCUT2D eigenvalue weighted by atomic mass is 10.2. The van der Waals surface area contributed by atoms with E-state index in [0.717, 1.165) is 29.8 Å². The average molecular weight is 486 g/mol. The summed E-state index contributed by atoms with van der Waals surface area (Å²) in [6.07, 6.45) is 1.40. The minimum absolute atomic E-state index is 0.282. The van der Waals surface area contributed by atoms with E-state index in [4.69, 9.17) is 19.3 Å². The van der Waals surface area contributed by atoms with Crippen molar-refractivity contribution in [1.29, 1.82) is 0 Å². The zero-order valence-corrected chi connectivity index (χ0v) is 20.8. The van der Waals surface area contributed by atoms with Crippen LogP contribution in [0.5, 0.6) is 11.6 Å². The normalized spacial score (nSPS) is 12.3. The molecule has 0 saturated heterocycles. The quantitative estimate of drug-likeness (QED) is 0.314. The third-order valence-corrected chi connectivity index (χ3v) is 5.58. The second-order valence-corrected chi connectivity index (χ2v) is 8.48. The standard InChI is InChI=1S/C27H36FN3O4/c1-4-5-16-34-20-24(32)18-30(15-17-33-3)19-26-21(2)29-31(23-9-7-6-8-10-23)27(26)35-25-13-11-22(28)12-14-25/h6-14,24,32H,4-5,15-20H2,1-3H3/t24-/m1/s1. The van der Waals surface area contributed by atoms with Crippen LogP contribution >= 0.6 is 0 Å². The van der Waals surface area contributed by atoms with Crippen LogP contribution in [0.25, 0.3) is 5.69 Å². The van der Waals surface area contributed by atoms with Gasteiger partial charge in [-0.25, -0.2) is 9.07 Å². The van der Waals surface area contributed by atoms with Crippen LogP contribution in [-0.2, 0) is 16.0 Å². The van der Waals surface area contributed by atoms with E-state index in [2.05, 4.69) is 11.8 Å². The Bertz CT molecular complexity index is 1010. The van der Waals surface area contributed by atoms with Crippen molar-refractivity contribution in [3.63, 3.8) is 0 Å². The molecular weight excluding hydrogens is 449 g/mol. The topological polar surface area (TPSA) is 69.0 Å². The fourth-order valence-electron chi connectivity index (χ4n) is 3.68. The van der Waals surface area contributed by atoms with E-state index in [0.29, 0.717) is 44.5 Å². The number of benzene rings is 2. The van der Waals surface area contributed by atoms with Gasteiger partial charge in [-0.15, -0.1) is 0 Å². The maximum atomic E-state index is 13.5. The van der Waals surface area contributed by atoms with Crippen molar-refractivity contribution in [3.05, 3.63) is 71.7 Å². The van der Waals surface area contributed by atoms with Crippen molar-refractivity contribution >= 4 is 0 Å². The highest BCUT2D eigenvalue weighted by atomic mass is 19.1. The molecule has 0 aliphatic rings. The Morgan fingerprint density at radius 3 is 2.51 bits per heavy atom. The van der Waals surface area contributed by atoms with E-state index in [-0.39, 0.29) is 12.4 Å². The molecule has 0 aliphatic heterocycles. The molecule has 0 aliphatic carbocycles.